The average Bonchev–Trinajstić information content (AvgIpc) is 2.82. The molecule has 0 spiro atoms. The first-order valence-electron chi connectivity index (χ1n) is 5.53. The Bertz CT molecular complexity index is 420. The molecule has 2 rings (SSSR count). The molecule has 0 bridgehead atoms. The lowest BCUT2D eigenvalue weighted by atomic mass is 10.1. The Kier molecular flexibility index (Phi) is 5.25. The summed E-state index contributed by atoms with van der Waals surface area (Å²) in [5.41, 5.74) is 6.95. The number of methoxy groups -OCH3 is 1. The van der Waals surface area contributed by atoms with Crippen molar-refractivity contribution in [3.8, 4) is 5.75 Å². The minimum absolute atomic E-state index is 0. The molecule has 1 unspecified atom stereocenters. The summed E-state index contributed by atoms with van der Waals surface area (Å²) in [6.45, 7) is 1.15. The number of rotatable bonds is 3. The van der Waals surface area contributed by atoms with Crippen molar-refractivity contribution in [2.24, 2.45) is 5.92 Å². The van der Waals surface area contributed by atoms with Gasteiger partial charge in [-0.25, -0.2) is 0 Å². The Labute approximate surface area is 112 Å². The number of ether oxygens (including phenoxy) is 2. The van der Waals surface area contributed by atoms with Crippen LogP contribution in [-0.2, 0) is 9.53 Å². The smallest absolute Gasteiger partial charge is 0.229 e. The highest BCUT2D eigenvalue weighted by Crippen LogP contribution is 2.25. The van der Waals surface area contributed by atoms with Crippen molar-refractivity contribution < 1.29 is 14.3 Å². The molecule has 1 fully saturated rings. The van der Waals surface area contributed by atoms with E-state index in [-0.39, 0.29) is 24.2 Å². The second-order valence-electron chi connectivity index (χ2n) is 4.01. The fourth-order valence-electron chi connectivity index (χ4n) is 1.80. The van der Waals surface area contributed by atoms with Gasteiger partial charge in [-0.3, -0.25) is 4.79 Å². The van der Waals surface area contributed by atoms with Crippen molar-refractivity contribution in [1.82, 2.24) is 0 Å². The van der Waals surface area contributed by atoms with Crippen LogP contribution < -0.4 is 15.8 Å². The van der Waals surface area contributed by atoms with E-state index in [1.807, 2.05) is 0 Å². The van der Waals surface area contributed by atoms with E-state index in [0.29, 0.717) is 30.3 Å². The molecular weight excluding hydrogens is 256 g/mol. The summed E-state index contributed by atoms with van der Waals surface area (Å²) in [6, 6.07) is 5.19. The maximum atomic E-state index is 11.8. The number of benzene rings is 1. The van der Waals surface area contributed by atoms with Crippen LogP contribution in [0.25, 0.3) is 0 Å². The molecule has 6 heteroatoms. The second-order valence-corrected chi connectivity index (χ2v) is 4.01. The van der Waals surface area contributed by atoms with E-state index >= 15 is 0 Å². The van der Waals surface area contributed by atoms with Crippen LogP contribution in [-0.4, -0.2) is 26.2 Å². The highest BCUT2D eigenvalue weighted by molar-refractivity contribution is 5.93. The predicted octanol–water partition coefficient (Wildman–Crippen LogP) is 1.67. The molecule has 1 atom stereocenters. The van der Waals surface area contributed by atoms with Crippen LogP contribution in [0.1, 0.15) is 6.42 Å². The van der Waals surface area contributed by atoms with Crippen LogP contribution in [0.5, 0.6) is 5.75 Å². The maximum absolute atomic E-state index is 11.8. The molecule has 0 saturated carbocycles. The Morgan fingerprint density at radius 3 is 2.89 bits per heavy atom. The number of nitrogen functional groups attached to an aromatic ring is 1. The molecular formula is C12H17ClN2O3. The van der Waals surface area contributed by atoms with Crippen LogP contribution in [0.2, 0.25) is 0 Å². The fraction of sp³-hybridized carbons (Fsp3) is 0.417. The minimum atomic E-state index is -0.0571. The van der Waals surface area contributed by atoms with E-state index < -0.39 is 0 Å². The summed E-state index contributed by atoms with van der Waals surface area (Å²) >= 11 is 0. The number of carbonyl (C=O) groups is 1. The summed E-state index contributed by atoms with van der Waals surface area (Å²) < 4.78 is 10.2. The molecule has 1 saturated heterocycles. The number of nitrogens with one attached hydrogen (secondary N) is 1. The molecule has 1 aromatic rings. The van der Waals surface area contributed by atoms with E-state index in [1.165, 1.54) is 0 Å². The lowest BCUT2D eigenvalue weighted by molar-refractivity contribution is -0.119. The first-order chi connectivity index (χ1) is 8.20. The number of halogens is 1. The first-order valence-corrected chi connectivity index (χ1v) is 5.53. The standard InChI is InChI=1S/C12H16N2O3.ClH/c1-16-11-3-2-9(6-10(11)13)14-12(15)8-4-5-17-7-8;/h2-3,6,8H,4-5,7,13H2,1H3,(H,14,15);1H. The summed E-state index contributed by atoms with van der Waals surface area (Å²) in [5.74, 6) is 0.526. The Morgan fingerprint density at radius 2 is 2.33 bits per heavy atom. The summed E-state index contributed by atoms with van der Waals surface area (Å²) in [4.78, 5) is 11.8. The quantitative estimate of drug-likeness (QED) is 0.821. The normalized spacial score (nSPS) is 17.9. The molecule has 5 nitrogen and oxygen atoms in total. The van der Waals surface area contributed by atoms with Gasteiger partial charge in [-0.15, -0.1) is 12.4 Å². The van der Waals surface area contributed by atoms with Gasteiger partial charge in [0.25, 0.3) is 0 Å². The number of nitrogens with two attached hydrogens (primary N) is 1. The van der Waals surface area contributed by atoms with Crippen molar-refractivity contribution in [1.29, 1.82) is 0 Å². The molecule has 0 aromatic heterocycles. The Hall–Kier alpha value is -1.46. The van der Waals surface area contributed by atoms with Gasteiger partial charge in [0.15, 0.2) is 0 Å². The van der Waals surface area contributed by atoms with E-state index in [2.05, 4.69) is 5.32 Å². The first kappa shape index (κ1) is 14.6. The van der Waals surface area contributed by atoms with Gasteiger partial charge >= 0.3 is 0 Å². The third kappa shape index (κ3) is 3.27. The number of hydrogen-bond acceptors (Lipinski definition) is 4. The average molecular weight is 273 g/mol. The summed E-state index contributed by atoms with van der Waals surface area (Å²) in [7, 11) is 1.56. The van der Waals surface area contributed by atoms with Gasteiger partial charge in [0.2, 0.25) is 5.91 Å². The zero-order valence-electron chi connectivity index (χ0n) is 10.1. The van der Waals surface area contributed by atoms with Gasteiger partial charge in [0.05, 0.1) is 25.3 Å². The second kappa shape index (κ2) is 6.47. The summed E-state index contributed by atoms with van der Waals surface area (Å²) in [5, 5.41) is 2.82. The van der Waals surface area contributed by atoms with Gasteiger partial charge in [0, 0.05) is 12.3 Å². The number of carbonyl (C=O) groups excluding carboxylic acids is 1. The zero-order chi connectivity index (χ0) is 12.3. The van der Waals surface area contributed by atoms with Crippen LogP contribution in [0.15, 0.2) is 18.2 Å². The molecule has 100 valence electrons. The van der Waals surface area contributed by atoms with Gasteiger partial charge in [0.1, 0.15) is 5.75 Å². The molecule has 0 aliphatic carbocycles. The van der Waals surface area contributed by atoms with Crippen LogP contribution in [0.4, 0.5) is 11.4 Å². The van der Waals surface area contributed by atoms with E-state index in [4.69, 9.17) is 15.2 Å². The number of hydrogen-bond donors (Lipinski definition) is 2. The molecule has 1 aromatic carbocycles. The molecule has 1 aliphatic rings. The fourth-order valence-corrected chi connectivity index (χ4v) is 1.80. The van der Waals surface area contributed by atoms with E-state index in [1.54, 1.807) is 25.3 Å². The lowest BCUT2D eigenvalue weighted by Crippen LogP contribution is -2.22. The van der Waals surface area contributed by atoms with Crippen LogP contribution in [0.3, 0.4) is 0 Å². The largest absolute Gasteiger partial charge is 0.495 e. The lowest BCUT2D eigenvalue weighted by Gasteiger charge is -2.11. The van der Waals surface area contributed by atoms with Gasteiger partial charge < -0.3 is 20.5 Å². The highest BCUT2D eigenvalue weighted by atomic mass is 35.5. The molecule has 1 amide bonds. The van der Waals surface area contributed by atoms with Crippen molar-refractivity contribution in [3.63, 3.8) is 0 Å². The third-order valence-corrected chi connectivity index (χ3v) is 2.80. The number of anilines is 2. The van der Waals surface area contributed by atoms with E-state index in [0.717, 1.165) is 6.42 Å². The third-order valence-electron chi connectivity index (χ3n) is 2.80. The van der Waals surface area contributed by atoms with E-state index in [9.17, 15) is 4.79 Å². The molecule has 1 heterocycles. The Balaban J connectivity index is 0.00000162. The molecule has 3 N–H and O–H groups in total. The van der Waals surface area contributed by atoms with Crippen molar-refractivity contribution in [2.75, 3.05) is 31.4 Å². The molecule has 18 heavy (non-hydrogen) atoms. The van der Waals surface area contributed by atoms with Crippen LogP contribution in [0, 0.1) is 5.92 Å². The van der Waals surface area contributed by atoms with Gasteiger partial charge in [-0.2, -0.15) is 0 Å². The minimum Gasteiger partial charge on any atom is -0.495 e. The van der Waals surface area contributed by atoms with Crippen LogP contribution >= 0.6 is 12.4 Å². The topological polar surface area (TPSA) is 73.6 Å². The zero-order valence-corrected chi connectivity index (χ0v) is 11.0. The van der Waals surface area contributed by atoms with Gasteiger partial charge in [-0.05, 0) is 24.6 Å². The maximum Gasteiger partial charge on any atom is 0.229 e. The molecule has 1 aliphatic heterocycles. The summed E-state index contributed by atoms with van der Waals surface area (Å²) in [6.07, 6.45) is 0.775. The van der Waals surface area contributed by atoms with Crippen molar-refractivity contribution >= 4 is 29.7 Å². The number of amides is 1. The van der Waals surface area contributed by atoms with Gasteiger partial charge in [-0.1, -0.05) is 0 Å². The predicted molar refractivity (Wildman–Crippen MR) is 72.2 cm³/mol. The Morgan fingerprint density at radius 1 is 1.56 bits per heavy atom. The van der Waals surface area contributed by atoms with Crippen molar-refractivity contribution in [3.05, 3.63) is 18.2 Å². The van der Waals surface area contributed by atoms with Crippen molar-refractivity contribution in [2.45, 2.75) is 6.42 Å². The highest BCUT2D eigenvalue weighted by Gasteiger charge is 2.23. The monoisotopic (exact) mass is 272 g/mol. The SMILES string of the molecule is COc1ccc(NC(=O)C2CCOC2)cc1N.Cl. The molecule has 0 radical (unpaired) electrons.